The fourth-order valence-corrected chi connectivity index (χ4v) is 2.93. The third-order valence-corrected chi connectivity index (χ3v) is 5.14. The average Bonchev–Trinajstić information content (AvgIpc) is 2.38. The van der Waals surface area contributed by atoms with Gasteiger partial charge in [-0.05, 0) is 51.3 Å². The molecule has 0 aromatic heterocycles. The maximum Gasteiger partial charge on any atom is 0.125 e. The lowest BCUT2D eigenvalue weighted by Gasteiger charge is -2.24. The van der Waals surface area contributed by atoms with E-state index in [0.29, 0.717) is 5.02 Å². The summed E-state index contributed by atoms with van der Waals surface area (Å²) in [6.07, 6.45) is 0.914. The van der Waals surface area contributed by atoms with Gasteiger partial charge in [-0.2, -0.15) is 0 Å². The van der Waals surface area contributed by atoms with E-state index in [1.807, 2.05) is 53.7 Å². The van der Waals surface area contributed by atoms with Gasteiger partial charge in [0.05, 0.1) is 4.90 Å². The highest BCUT2D eigenvalue weighted by atomic mass is 35.5. The summed E-state index contributed by atoms with van der Waals surface area (Å²) < 4.78 is 15.4. The molecule has 0 saturated heterocycles. The monoisotopic (exact) mass is 303 g/mol. The highest BCUT2D eigenvalue weighted by Gasteiger charge is 2.20. The van der Waals surface area contributed by atoms with Gasteiger partial charge < -0.3 is 0 Å². The van der Waals surface area contributed by atoms with Crippen LogP contribution >= 0.6 is 11.6 Å². The lowest BCUT2D eigenvalue weighted by Crippen LogP contribution is -2.39. The van der Waals surface area contributed by atoms with Gasteiger partial charge in [-0.3, -0.25) is 0 Å². The van der Waals surface area contributed by atoms with Crippen molar-refractivity contribution in [3.05, 3.63) is 28.3 Å². The summed E-state index contributed by atoms with van der Waals surface area (Å²) in [5.41, 5.74) is 1.76. The van der Waals surface area contributed by atoms with Crippen molar-refractivity contribution in [1.82, 2.24) is 4.72 Å². The summed E-state index contributed by atoms with van der Waals surface area (Å²) in [7, 11) is -1.22. The second kappa shape index (κ2) is 8.03. The lowest BCUT2D eigenvalue weighted by atomic mass is 10.0. The van der Waals surface area contributed by atoms with Gasteiger partial charge in [0.1, 0.15) is 11.0 Å². The average molecular weight is 304 g/mol. The summed E-state index contributed by atoms with van der Waals surface area (Å²) in [5, 5.41) is 0.701. The molecule has 1 atom stereocenters. The number of rotatable bonds is 4. The van der Waals surface area contributed by atoms with Crippen LogP contribution < -0.4 is 4.72 Å². The van der Waals surface area contributed by atoms with Crippen molar-refractivity contribution in [3.8, 4) is 0 Å². The molecule has 0 saturated carbocycles. The van der Waals surface area contributed by atoms with Crippen molar-refractivity contribution in [1.29, 1.82) is 0 Å². The van der Waals surface area contributed by atoms with E-state index in [1.165, 1.54) is 0 Å². The van der Waals surface area contributed by atoms with Crippen LogP contribution in [0, 0.1) is 13.8 Å². The number of aryl methyl sites for hydroxylation is 1. The van der Waals surface area contributed by atoms with Gasteiger partial charge in [0.25, 0.3) is 0 Å². The molecule has 4 heteroatoms. The molecule has 0 fully saturated rings. The Morgan fingerprint density at radius 2 is 1.79 bits per heavy atom. The van der Waals surface area contributed by atoms with Crippen molar-refractivity contribution < 1.29 is 4.21 Å². The van der Waals surface area contributed by atoms with Crippen LogP contribution in [0.3, 0.4) is 0 Å². The normalized spacial score (nSPS) is 12.6. The van der Waals surface area contributed by atoms with E-state index < -0.39 is 11.0 Å². The van der Waals surface area contributed by atoms with Gasteiger partial charge in [-0.15, -0.1) is 0 Å². The Morgan fingerprint density at radius 1 is 1.26 bits per heavy atom. The first-order valence-corrected chi connectivity index (χ1v) is 8.26. The molecular weight excluding hydrogens is 278 g/mol. The second-order valence-electron chi connectivity index (χ2n) is 4.93. The molecule has 2 nitrogen and oxygen atoms in total. The zero-order valence-electron chi connectivity index (χ0n) is 13.1. The summed E-state index contributed by atoms with van der Waals surface area (Å²) >= 11 is 6.17. The number of benzene rings is 1. The molecule has 0 amide bonds. The Hall–Kier alpha value is -0.380. The largest absolute Gasteiger partial charge is 0.237 e. The van der Waals surface area contributed by atoms with Crippen LogP contribution in [0.4, 0.5) is 0 Å². The Morgan fingerprint density at radius 3 is 2.26 bits per heavy atom. The Bertz CT molecular complexity index is 444. The molecule has 0 radical (unpaired) electrons. The van der Waals surface area contributed by atoms with Gasteiger partial charge in [0.2, 0.25) is 0 Å². The SMILES string of the molecule is CC.CCC(C)(C)NS(=O)c1ccc(C)c(Cl)c1C. The summed E-state index contributed by atoms with van der Waals surface area (Å²) in [5.74, 6) is 0. The molecule has 0 aliphatic heterocycles. The quantitative estimate of drug-likeness (QED) is 0.852. The van der Waals surface area contributed by atoms with Crippen LogP contribution in [0.15, 0.2) is 17.0 Å². The van der Waals surface area contributed by atoms with Crippen LogP contribution in [0.5, 0.6) is 0 Å². The number of hydrogen-bond acceptors (Lipinski definition) is 1. The first kappa shape index (κ1) is 18.6. The smallest absolute Gasteiger partial charge is 0.125 e. The first-order valence-electron chi connectivity index (χ1n) is 6.74. The number of hydrogen-bond donors (Lipinski definition) is 1. The number of nitrogens with one attached hydrogen (secondary N) is 1. The molecule has 1 N–H and O–H groups in total. The van der Waals surface area contributed by atoms with Crippen LogP contribution in [0.1, 0.15) is 52.2 Å². The predicted molar refractivity (Wildman–Crippen MR) is 86.2 cm³/mol. The van der Waals surface area contributed by atoms with Crippen LogP contribution in [0.2, 0.25) is 5.02 Å². The summed E-state index contributed by atoms with van der Waals surface area (Å²) in [6, 6.07) is 3.79. The molecule has 1 unspecified atom stereocenters. The molecule has 0 aliphatic rings. The molecule has 19 heavy (non-hydrogen) atoms. The van der Waals surface area contributed by atoms with E-state index >= 15 is 0 Å². The third kappa shape index (κ3) is 5.25. The Labute approximate surface area is 125 Å². The zero-order chi connectivity index (χ0) is 15.2. The zero-order valence-corrected chi connectivity index (χ0v) is 14.6. The first-order chi connectivity index (χ1) is 8.78. The molecule has 0 heterocycles. The second-order valence-corrected chi connectivity index (χ2v) is 6.49. The minimum absolute atomic E-state index is 0.144. The van der Waals surface area contributed by atoms with Gasteiger partial charge in [0, 0.05) is 10.6 Å². The fourth-order valence-electron chi connectivity index (χ4n) is 1.38. The molecule has 1 aromatic rings. The molecule has 1 aromatic carbocycles. The molecule has 0 bridgehead atoms. The lowest BCUT2D eigenvalue weighted by molar-refractivity contribution is 0.455. The minimum atomic E-state index is -1.22. The van der Waals surface area contributed by atoms with Crippen LogP contribution in [0.25, 0.3) is 0 Å². The van der Waals surface area contributed by atoms with Gasteiger partial charge in [0.15, 0.2) is 0 Å². The van der Waals surface area contributed by atoms with Gasteiger partial charge >= 0.3 is 0 Å². The van der Waals surface area contributed by atoms with E-state index in [4.69, 9.17) is 11.6 Å². The maximum absolute atomic E-state index is 12.2. The highest BCUT2D eigenvalue weighted by molar-refractivity contribution is 7.83. The van der Waals surface area contributed by atoms with Gasteiger partial charge in [-0.1, -0.05) is 38.4 Å². The minimum Gasteiger partial charge on any atom is -0.237 e. The highest BCUT2D eigenvalue weighted by Crippen LogP contribution is 2.25. The summed E-state index contributed by atoms with van der Waals surface area (Å²) in [6.45, 7) is 14.0. The molecule has 1 rings (SSSR count). The Kier molecular flexibility index (Phi) is 7.87. The number of halogens is 1. The molecular formula is C15H26ClNOS. The maximum atomic E-state index is 12.2. The predicted octanol–water partition coefficient (Wildman–Crippen LogP) is 4.78. The van der Waals surface area contributed by atoms with Gasteiger partial charge in [-0.25, -0.2) is 8.93 Å². The van der Waals surface area contributed by atoms with Crippen molar-refractivity contribution in [2.24, 2.45) is 0 Å². The van der Waals surface area contributed by atoms with Crippen molar-refractivity contribution in [3.63, 3.8) is 0 Å². The van der Waals surface area contributed by atoms with Crippen molar-refractivity contribution >= 4 is 22.6 Å². The van der Waals surface area contributed by atoms with Crippen molar-refractivity contribution in [2.45, 2.75) is 65.3 Å². The fraction of sp³-hybridized carbons (Fsp3) is 0.600. The molecule has 0 spiro atoms. The third-order valence-electron chi connectivity index (χ3n) is 2.98. The van der Waals surface area contributed by atoms with Crippen molar-refractivity contribution in [2.75, 3.05) is 0 Å². The van der Waals surface area contributed by atoms with Crippen LogP contribution in [-0.2, 0) is 11.0 Å². The summed E-state index contributed by atoms with van der Waals surface area (Å²) in [4.78, 5) is 0.766. The molecule has 0 aliphatic carbocycles. The molecule has 110 valence electrons. The van der Waals surface area contributed by atoms with E-state index in [0.717, 1.165) is 22.4 Å². The standard InChI is InChI=1S/C13H20ClNOS.C2H6/c1-6-13(4,5)15-17(16)11-8-7-9(2)12(14)10(11)3;1-2/h7-8,15H,6H2,1-5H3;1-2H3. The van der Waals surface area contributed by atoms with Crippen LogP contribution in [-0.4, -0.2) is 9.75 Å². The topological polar surface area (TPSA) is 29.1 Å². The van der Waals surface area contributed by atoms with E-state index in [9.17, 15) is 4.21 Å². The van der Waals surface area contributed by atoms with E-state index in [-0.39, 0.29) is 5.54 Å². The van der Waals surface area contributed by atoms with E-state index in [1.54, 1.807) is 0 Å². The Balaban J connectivity index is 0.00000154. The van der Waals surface area contributed by atoms with E-state index in [2.05, 4.69) is 11.6 Å².